The highest BCUT2D eigenvalue weighted by atomic mass is 15.1. The van der Waals surface area contributed by atoms with E-state index in [1.54, 1.807) is 0 Å². The van der Waals surface area contributed by atoms with E-state index in [9.17, 15) is 0 Å². The van der Waals surface area contributed by atoms with E-state index in [0.29, 0.717) is 0 Å². The van der Waals surface area contributed by atoms with Crippen molar-refractivity contribution in [2.45, 2.75) is 19.3 Å². The summed E-state index contributed by atoms with van der Waals surface area (Å²) < 4.78 is 0. The Morgan fingerprint density at radius 1 is 0.405 bits per heavy atom. The van der Waals surface area contributed by atoms with Crippen LogP contribution in [-0.4, -0.2) is 0 Å². The predicted molar refractivity (Wildman–Crippen MR) is 179 cm³/mol. The van der Waals surface area contributed by atoms with Crippen molar-refractivity contribution in [1.82, 2.24) is 0 Å². The third-order valence-electron chi connectivity index (χ3n) is 9.01. The number of hydrogen-bond acceptors (Lipinski definition) is 1. The van der Waals surface area contributed by atoms with Crippen LogP contribution < -0.4 is 4.90 Å². The topological polar surface area (TPSA) is 3.24 Å². The summed E-state index contributed by atoms with van der Waals surface area (Å²) >= 11 is 0. The maximum absolute atomic E-state index is 2.43. The monoisotopic (exact) mass is 537 g/mol. The average Bonchev–Trinajstić information content (AvgIpc) is 3.26. The van der Waals surface area contributed by atoms with Crippen LogP contribution in [0.5, 0.6) is 0 Å². The van der Waals surface area contributed by atoms with Crippen LogP contribution in [0.2, 0.25) is 0 Å². The molecule has 0 atom stereocenters. The fraction of sp³-hybridized carbons (Fsp3) is 0.0732. The third kappa shape index (κ3) is 3.85. The molecule has 7 aromatic carbocycles. The maximum atomic E-state index is 2.43. The summed E-state index contributed by atoms with van der Waals surface area (Å²) in [7, 11) is 0. The molecule has 0 amide bonds. The number of rotatable bonds is 4. The number of para-hydroxylation sites is 1. The first-order valence-corrected chi connectivity index (χ1v) is 14.7. The molecule has 1 heteroatoms. The van der Waals surface area contributed by atoms with Gasteiger partial charge in [0.25, 0.3) is 0 Å². The Kier molecular flexibility index (Phi) is 5.55. The van der Waals surface area contributed by atoms with Crippen LogP contribution in [0.4, 0.5) is 17.1 Å². The van der Waals surface area contributed by atoms with Gasteiger partial charge in [0.1, 0.15) is 0 Å². The summed E-state index contributed by atoms with van der Waals surface area (Å²) in [5.74, 6) is 0. The summed E-state index contributed by atoms with van der Waals surface area (Å²) in [6, 6.07) is 55.5. The number of nitrogens with zero attached hydrogens (tertiary/aromatic N) is 1. The van der Waals surface area contributed by atoms with Gasteiger partial charge in [0, 0.05) is 22.4 Å². The molecule has 0 aromatic heterocycles. The average molecular weight is 538 g/mol. The minimum absolute atomic E-state index is 0.0665. The number of anilines is 3. The summed E-state index contributed by atoms with van der Waals surface area (Å²) in [5.41, 5.74) is 11.3. The predicted octanol–water partition coefficient (Wildman–Crippen LogP) is 11.4. The van der Waals surface area contributed by atoms with Crippen molar-refractivity contribution >= 4 is 38.6 Å². The SMILES string of the molecule is CC1(C)c2ccc(N(c3ccc4ccccc4c3)c3ccccc3-c3ccccc3)cc2-c2cc3ccccc3cc21. The second-order valence-corrected chi connectivity index (χ2v) is 11.8. The Morgan fingerprint density at radius 2 is 0.976 bits per heavy atom. The minimum Gasteiger partial charge on any atom is -0.310 e. The van der Waals surface area contributed by atoms with Gasteiger partial charge < -0.3 is 4.90 Å². The molecule has 0 saturated heterocycles. The fourth-order valence-electron chi connectivity index (χ4n) is 6.84. The van der Waals surface area contributed by atoms with Gasteiger partial charge in [0.05, 0.1) is 5.69 Å². The molecule has 0 N–H and O–H groups in total. The minimum atomic E-state index is -0.0665. The molecular weight excluding hydrogens is 506 g/mol. The van der Waals surface area contributed by atoms with E-state index in [1.165, 1.54) is 54.9 Å². The lowest BCUT2D eigenvalue weighted by molar-refractivity contribution is 0.661. The van der Waals surface area contributed by atoms with Gasteiger partial charge in [-0.05, 0) is 91.8 Å². The van der Waals surface area contributed by atoms with Gasteiger partial charge in [-0.15, -0.1) is 0 Å². The van der Waals surface area contributed by atoms with E-state index in [-0.39, 0.29) is 5.41 Å². The summed E-state index contributed by atoms with van der Waals surface area (Å²) in [5, 5.41) is 5.06. The number of benzene rings is 7. The van der Waals surface area contributed by atoms with Crippen molar-refractivity contribution in [3.8, 4) is 22.3 Å². The highest BCUT2D eigenvalue weighted by Crippen LogP contribution is 2.52. The van der Waals surface area contributed by atoms with Crippen LogP contribution >= 0.6 is 0 Å². The Bertz CT molecular complexity index is 2120. The lowest BCUT2D eigenvalue weighted by atomic mass is 9.82. The Hall–Kier alpha value is -5.14. The molecule has 0 spiro atoms. The molecule has 0 unspecified atom stereocenters. The highest BCUT2D eigenvalue weighted by molar-refractivity contribution is 5.97. The molecule has 0 heterocycles. The molecule has 0 saturated carbocycles. The quantitative estimate of drug-likeness (QED) is 0.216. The third-order valence-corrected chi connectivity index (χ3v) is 9.01. The zero-order valence-corrected chi connectivity index (χ0v) is 23.9. The molecule has 0 radical (unpaired) electrons. The van der Waals surface area contributed by atoms with E-state index < -0.39 is 0 Å². The number of hydrogen-bond donors (Lipinski definition) is 0. The molecule has 7 aromatic rings. The molecule has 1 aliphatic carbocycles. The summed E-state index contributed by atoms with van der Waals surface area (Å²) in [4.78, 5) is 2.43. The maximum Gasteiger partial charge on any atom is 0.0540 e. The van der Waals surface area contributed by atoms with Crippen molar-refractivity contribution in [2.75, 3.05) is 4.90 Å². The van der Waals surface area contributed by atoms with Gasteiger partial charge in [0.15, 0.2) is 0 Å². The Balaban J connectivity index is 1.38. The molecule has 200 valence electrons. The molecule has 0 fully saturated rings. The van der Waals surface area contributed by atoms with Gasteiger partial charge in [-0.25, -0.2) is 0 Å². The molecule has 0 bridgehead atoms. The second-order valence-electron chi connectivity index (χ2n) is 11.8. The van der Waals surface area contributed by atoms with Crippen molar-refractivity contribution in [3.63, 3.8) is 0 Å². The molecule has 1 aliphatic rings. The number of fused-ring (bicyclic) bond motifs is 5. The smallest absolute Gasteiger partial charge is 0.0540 e. The van der Waals surface area contributed by atoms with Gasteiger partial charge >= 0.3 is 0 Å². The summed E-state index contributed by atoms with van der Waals surface area (Å²) in [6.07, 6.45) is 0. The molecule has 42 heavy (non-hydrogen) atoms. The second kappa shape index (κ2) is 9.46. The van der Waals surface area contributed by atoms with Gasteiger partial charge in [-0.2, -0.15) is 0 Å². The van der Waals surface area contributed by atoms with Crippen molar-refractivity contribution in [3.05, 3.63) is 163 Å². The zero-order valence-electron chi connectivity index (χ0n) is 23.9. The van der Waals surface area contributed by atoms with E-state index in [2.05, 4.69) is 170 Å². The standard InChI is InChI=1S/C41H31N/c1-41(2)38-23-22-34(27-37(38)36-25-31-16-8-9-17-32(31)26-39(36)41)42(33-21-20-28-12-6-7-15-30(28)24-33)40-19-11-10-18-35(40)29-13-4-3-5-14-29/h3-27H,1-2H3. The largest absolute Gasteiger partial charge is 0.310 e. The van der Waals surface area contributed by atoms with Crippen LogP contribution in [0.1, 0.15) is 25.0 Å². The molecule has 8 rings (SSSR count). The van der Waals surface area contributed by atoms with Gasteiger partial charge in [0.2, 0.25) is 0 Å². The molecule has 1 nitrogen and oxygen atoms in total. The highest BCUT2D eigenvalue weighted by Gasteiger charge is 2.36. The van der Waals surface area contributed by atoms with Gasteiger partial charge in [-0.1, -0.05) is 123 Å². The zero-order chi connectivity index (χ0) is 28.3. The Morgan fingerprint density at radius 3 is 1.76 bits per heavy atom. The van der Waals surface area contributed by atoms with Crippen molar-refractivity contribution in [1.29, 1.82) is 0 Å². The van der Waals surface area contributed by atoms with Crippen LogP contribution in [0.3, 0.4) is 0 Å². The Labute approximate surface area is 247 Å². The lowest BCUT2D eigenvalue weighted by Gasteiger charge is -2.29. The van der Waals surface area contributed by atoms with Crippen LogP contribution in [0, 0.1) is 0 Å². The first kappa shape index (κ1) is 24.6. The summed E-state index contributed by atoms with van der Waals surface area (Å²) in [6.45, 7) is 4.72. The van der Waals surface area contributed by atoms with E-state index in [1.807, 2.05) is 0 Å². The molecule has 0 aliphatic heterocycles. The van der Waals surface area contributed by atoms with Crippen molar-refractivity contribution < 1.29 is 0 Å². The first-order valence-electron chi connectivity index (χ1n) is 14.7. The van der Waals surface area contributed by atoms with Crippen LogP contribution in [0.25, 0.3) is 43.8 Å². The molecular formula is C41H31N. The lowest BCUT2D eigenvalue weighted by Crippen LogP contribution is -2.15. The van der Waals surface area contributed by atoms with Crippen LogP contribution in [0.15, 0.2) is 152 Å². The van der Waals surface area contributed by atoms with Crippen LogP contribution in [-0.2, 0) is 5.41 Å². The fourth-order valence-corrected chi connectivity index (χ4v) is 6.84. The van der Waals surface area contributed by atoms with E-state index >= 15 is 0 Å². The van der Waals surface area contributed by atoms with Crippen molar-refractivity contribution in [2.24, 2.45) is 0 Å². The first-order chi connectivity index (χ1) is 20.6. The normalized spacial score (nSPS) is 13.2. The van der Waals surface area contributed by atoms with Gasteiger partial charge in [-0.3, -0.25) is 0 Å². The van der Waals surface area contributed by atoms with E-state index in [4.69, 9.17) is 0 Å². The van der Waals surface area contributed by atoms with E-state index in [0.717, 1.165) is 17.1 Å².